The van der Waals surface area contributed by atoms with Crippen molar-refractivity contribution in [3.8, 4) is 22.9 Å². The molecule has 1 aliphatic heterocycles. The third-order valence-electron chi connectivity index (χ3n) is 5.83. The number of carbonyl (C=O) groups excluding carboxylic acids is 2. The molecule has 1 aromatic carbocycles. The number of methoxy groups -OCH3 is 1. The standard InChI is InChI=1S/C23H23B3N8O5/c1-34-10-27-20(33-34)14-5-12(39-13-8-38-9-13)6-16(19(14)37-2)28-15-7-17(29-21(35)11-3-4-11)31-32-18(15)22(36)30-23(24,25)26/h5-7,10-11,13H,3-4,8-9H2,1-2H3,(H,30,36)(H2,28,29,31,35). The van der Waals surface area contributed by atoms with Gasteiger partial charge in [0.1, 0.15) is 18.2 Å². The van der Waals surface area contributed by atoms with E-state index in [1.807, 2.05) is 0 Å². The van der Waals surface area contributed by atoms with Gasteiger partial charge in [0.15, 0.2) is 23.1 Å². The molecular formula is C23H23B3N8O5. The SMILES string of the molecule is [B]C([B])([B])NC(=O)c1nnc(NC(=O)C2CC2)cc1Nc1cc(OC2COC2)cc(-c2ncn(C)n2)c1OC. The zero-order valence-electron chi connectivity index (χ0n) is 21.3. The van der Waals surface area contributed by atoms with Crippen molar-refractivity contribution in [1.82, 2.24) is 30.3 Å². The number of hydrogen-bond donors (Lipinski definition) is 3. The molecule has 2 aromatic heterocycles. The van der Waals surface area contributed by atoms with Crippen molar-refractivity contribution >= 4 is 52.5 Å². The van der Waals surface area contributed by atoms with E-state index >= 15 is 0 Å². The topological polar surface area (TPSA) is 154 Å². The Bertz CT molecular complexity index is 1400. The molecule has 0 unspecified atom stereocenters. The molecule has 1 saturated carbocycles. The number of aromatic nitrogens is 5. The fraction of sp³-hybridized carbons (Fsp3) is 0.391. The fourth-order valence-corrected chi connectivity index (χ4v) is 3.78. The highest BCUT2D eigenvalue weighted by Crippen LogP contribution is 2.41. The number of anilines is 3. The van der Waals surface area contributed by atoms with Crippen LogP contribution in [0.3, 0.4) is 0 Å². The number of amides is 2. The smallest absolute Gasteiger partial charge is 0.272 e. The Morgan fingerprint density at radius 3 is 2.49 bits per heavy atom. The molecule has 0 atom stereocenters. The monoisotopic (exact) mass is 524 g/mol. The second-order valence-electron chi connectivity index (χ2n) is 9.34. The summed E-state index contributed by atoms with van der Waals surface area (Å²) in [7, 11) is 19.9. The first kappa shape index (κ1) is 26.5. The maximum Gasteiger partial charge on any atom is 0.272 e. The van der Waals surface area contributed by atoms with Gasteiger partial charge >= 0.3 is 0 Å². The first-order chi connectivity index (χ1) is 18.6. The lowest BCUT2D eigenvalue weighted by molar-refractivity contribution is -0.117. The van der Waals surface area contributed by atoms with E-state index in [9.17, 15) is 9.59 Å². The van der Waals surface area contributed by atoms with Crippen LogP contribution in [0.4, 0.5) is 17.2 Å². The van der Waals surface area contributed by atoms with Crippen LogP contribution in [0.1, 0.15) is 23.3 Å². The number of rotatable bonds is 10. The van der Waals surface area contributed by atoms with E-state index in [4.69, 9.17) is 37.7 Å². The third kappa shape index (κ3) is 6.33. The molecule has 1 saturated heterocycles. The van der Waals surface area contributed by atoms with Crippen LogP contribution >= 0.6 is 0 Å². The normalized spacial score (nSPS) is 15.2. The molecule has 6 radical (unpaired) electrons. The molecule has 3 heterocycles. The van der Waals surface area contributed by atoms with E-state index in [1.165, 1.54) is 13.2 Å². The Balaban J connectivity index is 1.57. The van der Waals surface area contributed by atoms with Crippen molar-refractivity contribution in [2.45, 2.75) is 24.2 Å². The highest BCUT2D eigenvalue weighted by Gasteiger charge is 2.30. The second kappa shape index (κ2) is 10.6. The van der Waals surface area contributed by atoms with Crippen molar-refractivity contribution in [2.75, 3.05) is 31.0 Å². The summed E-state index contributed by atoms with van der Waals surface area (Å²) in [6, 6.07) is 4.90. The van der Waals surface area contributed by atoms with Crippen LogP contribution in [0.25, 0.3) is 11.4 Å². The molecule has 194 valence electrons. The largest absolute Gasteiger partial charge is 0.494 e. The summed E-state index contributed by atoms with van der Waals surface area (Å²) in [6.07, 6.45) is 3.03. The van der Waals surface area contributed by atoms with E-state index in [0.717, 1.165) is 12.8 Å². The molecule has 5 rings (SSSR count). The van der Waals surface area contributed by atoms with Gasteiger partial charge in [0.05, 0.1) is 60.8 Å². The third-order valence-corrected chi connectivity index (χ3v) is 5.83. The number of ether oxygens (including phenoxy) is 3. The maximum absolute atomic E-state index is 13.0. The Hall–Kier alpha value is -4.07. The lowest BCUT2D eigenvalue weighted by Gasteiger charge is -2.27. The van der Waals surface area contributed by atoms with Crippen LogP contribution in [-0.2, 0) is 16.6 Å². The van der Waals surface area contributed by atoms with Crippen LogP contribution in [0.15, 0.2) is 24.5 Å². The number of nitrogens with zero attached hydrogens (tertiary/aromatic N) is 5. The van der Waals surface area contributed by atoms with Crippen LogP contribution in [0.2, 0.25) is 0 Å². The number of benzene rings is 1. The van der Waals surface area contributed by atoms with Gasteiger partial charge < -0.3 is 30.2 Å². The van der Waals surface area contributed by atoms with Gasteiger partial charge in [-0.15, -0.1) is 10.2 Å². The van der Waals surface area contributed by atoms with E-state index < -0.39 is 11.1 Å². The Labute approximate surface area is 228 Å². The van der Waals surface area contributed by atoms with Crippen molar-refractivity contribution in [3.63, 3.8) is 0 Å². The number of nitrogens with one attached hydrogen (secondary N) is 3. The molecule has 39 heavy (non-hydrogen) atoms. The first-order valence-electron chi connectivity index (χ1n) is 12.1. The summed E-state index contributed by atoms with van der Waals surface area (Å²) in [6.45, 7) is 0.904. The van der Waals surface area contributed by atoms with Crippen LogP contribution in [0, 0.1) is 5.92 Å². The molecule has 3 aromatic rings. The molecule has 1 aliphatic carbocycles. The van der Waals surface area contributed by atoms with E-state index in [1.54, 1.807) is 30.2 Å². The number of hydrogen-bond acceptors (Lipinski definition) is 10. The highest BCUT2D eigenvalue weighted by atomic mass is 16.6. The highest BCUT2D eigenvalue weighted by molar-refractivity contribution is 6.60. The van der Waals surface area contributed by atoms with Gasteiger partial charge in [-0.3, -0.25) is 14.3 Å². The number of carbonyl (C=O) groups is 2. The van der Waals surface area contributed by atoms with Gasteiger partial charge in [-0.05, 0) is 18.9 Å². The van der Waals surface area contributed by atoms with Crippen LogP contribution in [0.5, 0.6) is 11.5 Å². The van der Waals surface area contributed by atoms with Crippen molar-refractivity contribution in [2.24, 2.45) is 13.0 Å². The zero-order chi connectivity index (χ0) is 27.7. The molecule has 2 amide bonds. The Morgan fingerprint density at radius 1 is 1.13 bits per heavy atom. The molecule has 2 aliphatic rings. The Kier molecular flexibility index (Phi) is 7.21. The summed E-state index contributed by atoms with van der Waals surface area (Å²) < 4.78 is 18.6. The molecule has 13 nitrogen and oxygen atoms in total. The molecular weight excluding hydrogens is 501 g/mol. The van der Waals surface area contributed by atoms with Crippen molar-refractivity contribution in [3.05, 3.63) is 30.2 Å². The van der Waals surface area contributed by atoms with Gasteiger partial charge in [-0.1, -0.05) is 5.24 Å². The summed E-state index contributed by atoms with van der Waals surface area (Å²) >= 11 is 0. The van der Waals surface area contributed by atoms with Gasteiger partial charge in [0, 0.05) is 25.1 Å². The summed E-state index contributed by atoms with van der Waals surface area (Å²) in [5.74, 6) is 0.297. The lowest BCUT2D eigenvalue weighted by Crippen LogP contribution is -2.50. The van der Waals surface area contributed by atoms with Gasteiger partial charge in [-0.2, -0.15) is 5.10 Å². The quantitative estimate of drug-likeness (QED) is 0.309. The number of aryl methyl sites for hydroxylation is 1. The minimum absolute atomic E-state index is 0.0728. The van der Waals surface area contributed by atoms with Gasteiger partial charge in [-0.25, -0.2) is 4.98 Å². The van der Waals surface area contributed by atoms with Gasteiger partial charge in [0.25, 0.3) is 5.91 Å². The van der Waals surface area contributed by atoms with E-state index in [2.05, 4.69) is 36.2 Å². The average Bonchev–Trinajstić information content (AvgIpc) is 3.61. The fourth-order valence-electron chi connectivity index (χ4n) is 3.78. The second-order valence-corrected chi connectivity index (χ2v) is 9.34. The summed E-state index contributed by atoms with van der Waals surface area (Å²) in [5.41, 5.74) is 0.876. The lowest BCUT2D eigenvalue weighted by atomic mass is 9.49. The Morgan fingerprint density at radius 2 is 1.90 bits per heavy atom. The minimum atomic E-state index is -2.01. The average molecular weight is 524 g/mol. The molecule has 16 heteroatoms. The maximum atomic E-state index is 13.0. The van der Waals surface area contributed by atoms with Crippen LogP contribution < -0.4 is 25.4 Å². The predicted octanol–water partition coefficient (Wildman–Crippen LogP) is -0.00300. The van der Waals surface area contributed by atoms with E-state index in [-0.39, 0.29) is 35.1 Å². The van der Waals surface area contributed by atoms with Crippen molar-refractivity contribution < 1.29 is 23.8 Å². The molecule has 0 spiro atoms. The molecule has 0 bridgehead atoms. The van der Waals surface area contributed by atoms with Crippen molar-refractivity contribution in [1.29, 1.82) is 0 Å². The molecule has 2 fully saturated rings. The zero-order valence-corrected chi connectivity index (χ0v) is 21.3. The first-order valence-corrected chi connectivity index (χ1v) is 12.1. The van der Waals surface area contributed by atoms with Gasteiger partial charge in [0.2, 0.25) is 5.91 Å². The predicted molar refractivity (Wildman–Crippen MR) is 142 cm³/mol. The van der Waals surface area contributed by atoms with E-state index in [0.29, 0.717) is 41.8 Å². The van der Waals surface area contributed by atoms with Crippen LogP contribution in [-0.4, -0.2) is 92.0 Å². The molecule has 3 N–H and O–H groups in total. The summed E-state index contributed by atoms with van der Waals surface area (Å²) in [5, 5.41) is 18.5. The summed E-state index contributed by atoms with van der Waals surface area (Å²) in [4.78, 5) is 29.6. The minimum Gasteiger partial charge on any atom is -0.494 e.